The highest BCUT2D eigenvalue weighted by atomic mass is 79.9. The van der Waals surface area contributed by atoms with Crippen molar-refractivity contribution in [1.29, 1.82) is 0 Å². The van der Waals surface area contributed by atoms with Crippen LogP contribution >= 0.6 is 15.9 Å². The van der Waals surface area contributed by atoms with Gasteiger partial charge >= 0.3 is 0 Å². The summed E-state index contributed by atoms with van der Waals surface area (Å²) in [6, 6.07) is 0. The Morgan fingerprint density at radius 1 is 1.43 bits per heavy atom. The van der Waals surface area contributed by atoms with E-state index in [0.717, 1.165) is 4.47 Å². The summed E-state index contributed by atoms with van der Waals surface area (Å²) >= 11 is 3.27. The lowest BCUT2D eigenvalue weighted by Crippen LogP contribution is -2.32. The largest absolute Gasteiger partial charge is 0.377 e. The number of nitrogens with zero attached hydrogens (tertiary/aromatic N) is 2. The zero-order chi connectivity index (χ0) is 10.6. The van der Waals surface area contributed by atoms with Crippen molar-refractivity contribution < 1.29 is 4.74 Å². The van der Waals surface area contributed by atoms with E-state index in [1.807, 2.05) is 13.8 Å². The van der Waals surface area contributed by atoms with E-state index < -0.39 is 0 Å². The van der Waals surface area contributed by atoms with E-state index in [9.17, 15) is 0 Å². The first kappa shape index (κ1) is 11.4. The van der Waals surface area contributed by atoms with E-state index in [1.165, 1.54) is 0 Å². The van der Waals surface area contributed by atoms with Crippen LogP contribution in [-0.2, 0) is 4.74 Å². The van der Waals surface area contributed by atoms with E-state index in [2.05, 4.69) is 31.2 Å². The predicted octanol–water partition coefficient (Wildman–Crippen LogP) is 2.08. The minimum absolute atomic E-state index is 0.212. The molecule has 1 rings (SSSR count). The third kappa shape index (κ3) is 3.59. The summed E-state index contributed by atoms with van der Waals surface area (Å²) in [4.78, 5) is 8.18. The molecule has 0 bridgehead atoms. The molecule has 0 aliphatic rings. The fourth-order valence-corrected chi connectivity index (χ4v) is 0.972. The van der Waals surface area contributed by atoms with Crippen LogP contribution < -0.4 is 5.32 Å². The summed E-state index contributed by atoms with van der Waals surface area (Å²) in [5.74, 6) is 0.610. The fourth-order valence-electron chi connectivity index (χ4n) is 0.768. The van der Waals surface area contributed by atoms with Gasteiger partial charge in [0.05, 0.1) is 10.1 Å². The molecule has 1 heterocycles. The van der Waals surface area contributed by atoms with E-state index in [-0.39, 0.29) is 5.60 Å². The Hall–Kier alpha value is -0.680. The van der Waals surface area contributed by atoms with Gasteiger partial charge in [-0.25, -0.2) is 9.97 Å². The Morgan fingerprint density at radius 2 is 2.00 bits per heavy atom. The summed E-state index contributed by atoms with van der Waals surface area (Å²) in [5.41, 5.74) is -0.212. The van der Waals surface area contributed by atoms with Gasteiger partial charge in [0.15, 0.2) is 0 Å². The molecule has 5 heteroatoms. The molecule has 1 aromatic rings. The van der Waals surface area contributed by atoms with Gasteiger partial charge < -0.3 is 10.1 Å². The molecule has 0 fully saturated rings. The topological polar surface area (TPSA) is 47.0 Å². The van der Waals surface area contributed by atoms with E-state index in [1.54, 1.807) is 19.5 Å². The maximum atomic E-state index is 5.26. The molecule has 78 valence electrons. The van der Waals surface area contributed by atoms with Crippen molar-refractivity contribution in [3.8, 4) is 0 Å². The van der Waals surface area contributed by atoms with E-state index in [0.29, 0.717) is 12.5 Å². The maximum Gasteiger partial charge on any atom is 0.222 e. The summed E-state index contributed by atoms with van der Waals surface area (Å²) in [6.45, 7) is 4.67. The number of rotatable bonds is 4. The molecule has 0 aliphatic carbocycles. The van der Waals surface area contributed by atoms with Crippen LogP contribution in [0.2, 0.25) is 0 Å². The van der Waals surface area contributed by atoms with Crippen LogP contribution in [-0.4, -0.2) is 29.2 Å². The van der Waals surface area contributed by atoms with Gasteiger partial charge in [-0.3, -0.25) is 0 Å². The van der Waals surface area contributed by atoms with Crippen molar-refractivity contribution in [1.82, 2.24) is 9.97 Å². The van der Waals surface area contributed by atoms with Crippen molar-refractivity contribution in [2.24, 2.45) is 0 Å². The fraction of sp³-hybridized carbons (Fsp3) is 0.556. The van der Waals surface area contributed by atoms with E-state index >= 15 is 0 Å². The van der Waals surface area contributed by atoms with Crippen molar-refractivity contribution in [2.45, 2.75) is 19.4 Å². The lowest BCUT2D eigenvalue weighted by Gasteiger charge is -2.22. The number of hydrogen-bond acceptors (Lipinski definition) is 4. The van der Waals surface area contributed by atoms with Crippen molar-refractivity contribution in [2.75, 3.05) is 19.0 Å². The summed E-state index contributed by atoms with van der Waals surface area (Å²) in [7, 11) is 1.68. The highest BCUT2D eigenvalue weighted by Crippen LogP contribution is 2.10. The van der Waals surface area contributed by atoms with Crippen LogP contribution in [0.1, 0.15) is 13.8 Å². The van der Waals surface area contributed by atoms with Crippen LogP contribution in [0, 0.1) is 0 Å². The standard InChI is InChI=1S/C9H14BrN3O/c1-9(2,14-3)6-13-8-11-4-7(10)5-12-8/h4-5H,6H2,1-3H3,(H,11,12,13). The highest BCUT2D eigenvalue weighted by Gasteiger charge is 2.15. The normalized spacial score (nSPS) is 11.4. The summed E-state index contributed by atoms with van der Waals surface area (Å²) in [6.07, 6.45) is 3.41. The molecule has 4 nitrogen and oxygen atoms in total. The Balaban J connectivity index is 2.50. The van der Waals surface area contributed by atoms with Crippen LogP contribution in [0.4, 0.5) is 5.95 Å². The first-order valence-electron chi connectivity index (χ1n) is 4.30. The molecule has 0 saturated heterocycles. The SMILES string of the molecule is COC(C)(C)CNc1ncc(Br)cn1. The average Bonchev–Trinajstić information content (AvgIpc) is 2.17. The second kappa shape index (κ2) is 4.70. The molecular weight excluding hydrogens is 246 g/mol. The Bertz CT molecular complexity index is 287. The van der Waals surface area contributed by atoms with E-state index in [4.69, 9.17) is 4.74 Å². The molecule has 1 N–H and O–H groups in total. The second-order valence-electron chi connectivity index (χ2n) is 3.54. The van der Waals surface area contributed by atoms with Gasteiger partial charge in [-0.1, -0.05) is 0 Å². The molecule has 1 aromatic heterocycles. The molecule has 0 saturated carbocycles. The van der Waals surface area contributed by atoms with Gasteiger partial charge in [-0.05, 0) is 29.8 Å². The maximum absolute atomic E-state index is 5.26. The number of methoxy groups -OCH3 is 1. The molecule has 0 unspecified atom stereocenters. The third-order valence-electron chi connectivity index (χ3n) is 1.85. The number of ether oxygens (including phenoxy) is 1. The Kier molecular flexibility index (Phi) is 3.83. The average molecular weight is 260 g/mol. The zero-order valence-electron chi connectivity index (χ0n) is 8.54. The van der Waals surface area contributed by atoms with Gasteiger partial charge in [0, 0.05) is 26.0 Å². The first-order valence-corrected chi connectivity index (χ1v) is 5.09. The number of nitrogens with one attached hydrogen (secondary N) is 1. The van der Waals surface area contributed by atoms with Crippen LogP contribution in [0.3, 0.4) is 0 Å². The summed E-state index contributed by atoms with van der Waals surface area (Å²) < 4.78 is 6.13. The lowest BCUT2D eigenvalue weighted by molar-refractivity contribution is 0.0342. The molecule has 14 heavy (non-hydrogen) atoms. The van der Waals surface area contributed by atoms with Crippen LogP contribution in [0.25, 0.3) is 0 Å². The predicted molar refractivity (Wildman–Crippen MR) is 59.3 cm³/mol. The van der Waals surface area contributed by atoms with Crippen molar-refractivity contribution in [3.63, 3.8) is 0 Å². The Labute approximate surface area is 92.2 Å². The monoisotopic (exact) mass is 259 g/mol. The number of hydrogen-bond donors (Lipinski definition) is 1. The number of halogens is 1. The zero-order valence-corrected chi connectivity index (χ0v) is 10.1. The van der Waals surface area contributed by atoms with Gasteiger partial charge in [-0.2, -0.15) is 0 Å². The molecule has 0 aromatic carbocycles. The van der Waals surface area contributed by atoms with Crippen LogP contribution in [0.15, 0.2) is 16.9 Å². The minimum atomic E-state index is -0.212. The molecular formula is C9H14BrN3O. The quantitative estimate of drug-likeness (QED) is 0.900. The number of aromatic nitrogens is 2. The van der Waals surface area contributed by atoms with Gasteiger partial charge in [-0.15, -0.1) is 0 Å². The second-order valence-corrected chi connectivity index (χ2v) is 4.46. The molecule has 0 radical (unpaired) electrons. The van der Waals surface area contributed by atoms with Gasteiger partial charge in [0.25, 0.3) is 0 Å². The molecule has 0 amide bonds. The molecule has 0 spiro atoms. The van der Waals surface area contributed by atoms with Crippen molar-refractivity contribution in [3.05, 3.63) is 16.9 Å². The smallest absolute Gasteiger partial charge is 0.222 e. The highest BCUT2D eigenvalue weighted by molar-refractivity contribution is 9.10. The Morgan fingerprint density at radius 3 is 2.50 bits per heavy atom. The van der Waals surface area contributed by atoms with Gasteiger partial charge in [0.1, 0.15) is 0 Å². The lowest BCUT2D eigenvalue weighted by atomic mass is 10.1. The first-order chi connectivity index (χ1) is 6.53. The van der Waals surface area contributed by atoms with Crippen molar-refractivity contribution >= 4 is 21.9 Å². The summed E-state index contributed by atoms with van der Waals surface area (Å²) in [5, 5.41) is 3.10. The van der Waals surface area contributed by atoms with Gasteiger partial charge in [0.2, 0.25) is 5.95 Å². The van der Waals surface area contributed by atoms with Crippen LogP contribution in [0.5, 0.6) is 0 Å². The molecule has 0 atom stereocenters. The molecule has 0 aliphatic heterocycles. The third-order valence-corrected chi connectivity index (χ3v) is 2.25. The number of anilines is 1. The minimum Gasteiger partial charge on any atom is -0.377 e.